The Morgan fingerprint density at radius 3 is 1.23 bits per heavy atom. The van der Waals surface area contributed by atoms with E-state index < -0.39 is 9.85 Å². The number of rotatable bonds is 6. The summed E-state index contributed by atoms with van der Waals surface area (Å²) >= 11 is 9.61. The average Bonchev–Trinajstić information content (AvgIpc) is 2.85. The van der Waals surface area contributed by atoms with Gasteiger partial charge in [0.15, 0.2) is 0 Å². The van der Waals surface area contributed by atoms with Gasteiger partial charge in [-0.3, -0.25) is 41.1 Å². The number of amidine groups is 2. The van der Waals surface area contributed by atoms with Crippen molar-refractivity contribution in [1.82, 2.24) is 10.9 Å². The van der Waals surface area contributed by atoms with Gasteiger partial charge < -0.3 is 25.3 Å². The Balaban J connectivity index is 0.000000642. The Morgan fingerprint density at radius 1 is 0.714 bits per heavy atom. The van der Waals surface area contributed by atoms with Crippen molar-refractivity contribution >= 4 is 58.4 Å². The summed E-state index contributed by atoms with van der Waals surface area (Å²) in [6.07, 6.45) is 0. The molecule has 0 unspecified atom stereocenters. The molecule has 2 aromatic rings. The first-order valence-corrected chi connectivity index (χ1v) is 10.3. The molecule has 0 bridgehead atoms. The Hall–Kier alpha value is -3.52. The molecular formula is C20H22CuN8O4S2. The first-order valence-electron chi connectivity index (χ1n) is 9.46. The van der Waals surface area contributed by atoms with Crippen molar-refractivity contribution in [3.63, 3.8) is 0 Å². The maximum absolute atomic E-state index is 10.5. The minimum Gasteiger partial charge on any atom is -0.741 e. The quantitative estimate of drug-likeness (QED) is 0.135. The number of hydrogen-bond acceptors (Lipinski definition) is 10. The van der Waals surface area contributed by atoms with Crippen LogP contribution in [0.4, 0.5) is 11.4 Å². The van der Waals surface area contributed by atoms with Crippen molar-refractivity contribution in [2.75, 3.05) is 14.1 Å². The second-order valence-electron chi connectivity index (χ2n) is 6.28. The molecular weight excluding hydrogens is 544 g/mol. The third-order valence-electron chi connectivity index (χ3n) is 4.04. The molecule has 0 aliphatic carbocycles. The molecule has 35 heavy (non-hydrogen) atoms. The fourth-order valence-corrected chi connectivity index (χ4v) is 2.23. The number of nitrogens with zero attached hydrogens (tertiary/aromatic N) is 6. The minimum absolute atomic E-state index is 0. The van der Waals surface area contributed by atoms with Gasteiger partial charge in [-0.05, 0) is 59.6 Å². The normalized spacial score (nSPS) is 12.0. The van der Waals surface area contributed by atoms with Crippen LogP contribution in [0.15, 0.2) is 68.7 Å². The van der Waals surface area contributed by atoms with Gasteiger partial charge in [-0.1, -0.05) is 0 Å². The largest absolute Gasteiger partial charge is 2.00 e. The molecule has 1 radical (unpaired) electrons. The molecule has 2 rings (SSSR count). The van der Waals surface area contributed by atoms with E-state index in [0.717, 1.165) is 11.1 Å². The SMILES string of the molecule is CN=C([S-])N/N=C(\C)c1ccc([N+](=O)[O-])cc1.CN=C([S-])N/N=C(\C)c1ccc([N+](=O)[O-])cc1.[Cu+2]. The van der Waals surface area contributed by atoms with E-state index in [1.807, 2.05) is 0 Å². The summed E-state index contributed by atoms with van der Waals surface area (Å²) in [4.78, 5) is 27.5. The Morgan fingerprint density at radius 2 is 1.00 bits per heavy atom. The predicted octanol–water partition coefficient (Wildman–Crippen LogP) is 2.88. The van der Waals surface area contributed by atoms with Gasteiger partial charge in [-0.25, -0.2) is 0 Å². The molecule has 15 heteroatoms. The molecule has 0 aliphatic heterocycles. The number of non-ortho nitro benzene ring substituents is 2. The van der Waals surface area contributed by atoms with Gasteiger partial charge in [0.1, 0.15) is 0 Å². The van der Waals surface area contributed by atoms with Crippen molar-refractivity contribution in [2.24, 2.45) is 20.2 Å². The zero-order chi connectivity index (χ0) is 25.7. The summed E-state index contributed by atoms with van der Waals surface area (Å²) in [6.45, 7) is 3.54. The standard InChI is InChI=1S/2C10H12N4O2S.Cu/c2*1-7(12-13-10(17)11-2)8-3-5-9(6-4-8)14(15)16;/h2*3-6H,1-2H3,(H2,11,13,17);/q;;+2/p-2/b2*12-7+;. The van der Waals surface area contributed by atoms with Crippen LogP contribution >= 0.6 is 0 Å². The molecule has 0 saturated carbocycles. The van der Waals surface area contributed by atoms with E-state index in [9.17, 15) is 20.2 Å². The van der Waals surface area contributed by atoms with Gasteiger partial charge >= 0.3 is 17.1 Å². The number of hydrazone groups is 2. The van der Waals surface area contributed by atoms with E-state index in [1.54, 1.807) is 52.2 Å². The predicted molar refractivity (Wildman–Crippen MR) is 138 cm³/mol. The summed E-state index contributed by atoms with van der Waals surface area (Å²) in [5, 5.41) is 29.5. The second kappa shape index (κ2) is 16.2. The summed E-state index contributed by atoms with van der Waals surface area (Å²) in [7, 11) is 3.12. The first kappa shape index (κ1) is 31.5. The molecule has 0 amide bonds. The second-order valence-corrected chi connectivity index (χ2v) is 7.06. The van der Waals surface area contributed by atoms with Crippen LogP contribution in [-0.4, -0.2) is 45.7 Å². The third kappa shape index (κ3) is 11.4. The summed E-state index contributed by atoms with van der Waals surface area (Å²) in [5.74, 6) is 0. The average molecular weight is 566 g/mol. The molecule has 12 nitrogen and oxygen atoms in total. The minimum atomic E-state index is -0.445. The van der Waals surface area contributed by atoms with E-state index in [4.69, 9.17) is 25.3 Å². The zero-order valence-electron chi connectivity index (χ0n) is 19.1. The number of benzene rings is 2. The monoisotopic (exact) mass is 565 g/mol. The van der Waals surface area contributed by atoms with Gasteiger partial charge in [-0.15, -0.1) is 0 Å². The topological polar surface area (TPSA) is 160 Å². The Labute approximate surface area is 223 Å². The molecule has 0 saturated heterocycles. The van der Waals surface area contributed by atoms with E-state index >= 15 is 0 Å². The molecule has 0 aliphatic rings. The van der Waals surface area contributed by atoms with Gasteiger partial charge in [0.25, 0.3) is 11.4 Å². The van der Waals surface area contributed by atoms with Crippen molar-refractivity contribution in [3.8, 4) is 0 Å². The number of nitrogens with one attached hydrogen (secondary N) is 2. The molecule has 0 heterocycles. The zero-order valence-corrected chi connectivity index (χ0v) is 21.6. The number of hydrogen-bond donors (Lipinski definition) is 2. The van der Waals surface area contributed by atoms with Crippen molar-refractivity contribution in [1.29, 1.82) is 0 Å². The number of aliphatic imine (C=N–C) groups is 2. The van der Waals surface area contributed by atoms with Crippen LogP contribution in [0.2, 0.25) is 0 Å². The van der Waals surface area contributed by atoms with Crippen LogP contribution in [-0.2, 0) is 42.3 Å². The number of nitro benzene ring substituents is 2. The maximum Gasteiger partial charge on any atom is 2.00 e. The Kier molecular flexibility index (Phi) is 14.5. The molecule has 0 atom stereocenters. The van der Waals surface area contributed by atoms with Gasteiger partial charge in [0.2, 0.25) is 0 Å². The maximum atomic E-state index is 10.5. The smallest absolute Gasteiger partial charge is 0.741 e. The van der Waals surface area contributed by atoms with Crippen molar-refractivity contribution < 1.29 is 26.9 Å². The molecule has 2 aromatic carbocycles. The third-order valence-corrected chi connectivity index (χ3v) is 4.58. The van der Waals surface area contributed by atoms with Crippen molar-refractivity contribution in [3.05, 3.63) is 79.9 Å². The fourth-order valence-electron chi connectivity index (χ4n) is 2.14. The summed E-state index contributed by atoms with van der Waals surface area (Å²) in [5.41, 5.74) is 8.18. The molecule has 189 valence electrons. The fraction of sp³-hybridized carbons (Fsp3) is 0.200. The van der Waals surface area contributed by atoms with Gasteiger partial charge in [0.05, 0.1) is 21.3 Å². The van der Waals surface area contributed by atoms with Crippen LogP contribution in [0.3, 0.4) is 0 Å². The van der Waals surface area contributed by atoms with Crippen LogP contribution in [0.25, 0.3) is 0 Å². The van der Waals surface area contributed by atoms with Crippen molar-refractivity contribution in [2.45, 2.75) is 13.8 Å². The molecule has 0 aromatic heterocycles. The van der Waals surface area contributed by atoms with Crippen LogP contribution in [0, 0.1) is 20.2 Å². The number of nitro groups is 2. The Bertz CT molecular complexity index is 1030. The van der Waals surface area contributed by atoms with E-state index in [2.05, 4.69) is 31.0 Å². The van der Waals surface area contributed by atoms with Crippen LogP contribution < -0.4 is 10.9 Å². The molecule has 0 spiro atoms. The van der Waals surface area contributed by atoms with Crippen LogP contribution in [0.1, 0.15) is 25.0 Å². The van der Waals surface area contributed by atoms with E-state index in [-0.39, 0.29) is 38.8 Å². The van der Waals surface area contributed by atoms with E-state index in [1.165, 1.54) is 24.3 Å². The van der Waals surface area contributed by atoms with Gasteiger partial charge in [0, 0.05) is 38.4 Å². The molecule has 0 fully saturated rings. The first-order chi connectivity index (χ1) is 16.1. The van der Waals surface area contributed by atoms with Crippen LogP contribution in [0.5, 0.6) is 0 Å². The van der Waals surface area contributed by atoms with Gasteiger partial charge in [-0.2, -0.15) is 10.2 Å². The molecule has 2 N–H and O–H groups in total. The van der Waals surface area contributed by atoms with E-state index in [0.29, 0.717) is 11.4 Å². The summed E-state index contributed by atoms with van der Waals surface area (Å²) < 4.78 is 0. The summed E-state index contributed by atoms with van der Waals surface area (Å²) in [6, 6.07) is 12.2.